The highest BCUT2D eigenvalue weighted by Crippen LogP contribution is 2.23. The molecule has 0 atom stereocenters. The lowest BCUT2D eigenvalue weighted by Gasteiger charge is -2.36. The van der Waals surface area contributed by atoms with Crippen molar-refractivity contribution in [2.24, 2.45) is 0 Å². The molecule has 3 rings (SSSR count). The van der Waals surface area contributed by atoms with Gasteiger partial charge < -0.3 is 20.3 Å². The number of nitrogens with zero attached hydrogens (tertiary/aromatic N) is 2. The Bertz CT molecular complexity index is 867. The number of piperazine rings is 1. The van der Waals surface area contributed by atoms with Crippen LogP contribution in [0.25, 0.3) is 0 Å². The zero-order chi connectivity index (χ0) is 22.1. The molecule has 1 saturated heterocycles. The number of hydrogen-bond donors (Lipinski definition) is 2. The van der Waals surface area contributed by atoms with Gasteiger partial charge in [-0.05, 0) is 56.3 Å². The first-order valence-corrected chi connectivity index (χ1v) is 10.6. The van der Waals surface area contributed by atoms with Crippen molar-refractivity contribution in [1.29, 1.82) is 0 Å². The van der Waals surface area contributed by atoms with Crippen LogP contribution in [0.2, 0.25) is 0 Å². The molecule has 1 fully saturated rings. The summed E-state index contributed by atoms with van der Waals surface area (Å²) in [6, 6.07) is 13.6. The van der Waals surface area contributed by atoms with Crippen LogP contribution < -0.4 is 20.3 Å². The molecule has 0 aromatic heterocycles. The summed E-state index contributed by atoms with van der Waals surface area (Å²) >= 11 is 0. The van der Waals surface area contributed by atoms with Crippen LogP contribution in [0.15, 0.2) is 48.5 Å². The van der Waals surface area contributed by atoms with Gasteiger partial charge in [-0.15, -0.1) is 0 Å². The van der Waals surface area contributed by atoms with E-state index in [4.69, 9.17) is 4.74 Å². The Morgan fingerprint density at radius 2 is 1.71 bits per heavy atom. The van der Waals surface area contributed by atoms with E-state index < -0.39 is 11.8 Å². The Labute approximate surface area is 182 Å². The Balaban J connectivity index is 1.34. The maximum Gasteiger partial charge on any atom is 0.313 e. The van der Waals surface area contributed by atoms with Crippen molar-refractivity contribution in [2.45, 2.75) is 13.3 Å². The summed E-state index contributed by atoms with van der Waals surface area (Å²) in [5.74, 6) is -1.06. The second kappa shape index (κ2) is 11.3. The van der Waals surface area contributed by atoms with Gasteiger partial charge in [-0.2, -0.15) is 0 Å². The molecular formula is C23H29FN4O3. The van der Waals surface area contributed by atoms with Crippen molar-refractivity contribution in [2.75, 3.05) is 56.1 Å². The second-order valence-electron chi connectivity index (χ2n) is 7.30. The predicted molar refractivity (Wildman–Crippen MR) is 119 cm³/mol. The molecule has 2 amide bonds. The summed E-state index contributed by atoms with van der Waals surface area (Å²) in [6.07, 6.45) is 0.755. The largest absolute Gasteiger partial charge is 0.492 e. The van der Waals surface area contributed by atoms with Crippen LogP contribution in [-0.4, -0.2) is 62.6 Å². The number of carbonyl (C=O) groups is 2. The normalized spacial score (nSPS) is 14.2. The van der Waals surface area contributed by atoms with Crippen molar-refractivity contribution in [1.82, 2.24) is 10.2 Å². The van der Waals surface area contributed by atoms with Crippen molar-refractivity contribution in [3.8, 4) is 5.75 Å². The fraction of sp³-hybridized carbons (Fsp3) is 0.391. The Morgan fingerprint density at radius 3 is 2.42 bits per heavy atom. The van der Waals surface area contributed by atoms with E-state index >= 15 is 0 Å². The van der Waals surface area contributed by atoms with E-state index in [1.165, 1.54) is 12.1 Å². The average molecular weight is 429 g/mol. The number of ether oxygens (including phenoxy) is 1. The highest BCUT2D eigenvalue weighted by molar-refractivity contribution is 6.39. The van der Waals surface area contributed by atoms with E-state index in [0.717, 1.165) is 44.8 Å². The number of para-hydroxylation sites is 2. The highest BCUT2D eigenvalue weighted by Gasteiger charge is 2.18. The minimum absolute atomic E-state index is 0.225. The molecule has 8 heteroatoms. The van der Waals surface area contributed by atoms with E-state index in [-0.39, 0.29) is 5.82 Å². The summed E-state index contributed by atoms with van der Waals surface area (Å²) < 4.78 is 18.5. The van der Waals surface area contributed by atoms with Crippen LogP contribution in [0.1, 0.15) is 13.3 Å². The third kappa shape index (κ3) is 6.68. The molecule has 1 aliphatic rings. The molecular weight excluding hydrogens is 399 g/mol. The minimum Gasteiger partial charge on any atom is -0.492 e. The zero-order valence-corrected chi connectivity index (χ0v) is 17.8. The van der Waals surface area contributed by atoms with Gasteiger partial charge in [-0.25, -0.2) is 4.39 Å². The average Bonchev–Trinajstić information content (AvgIpc) is 2.79. The van der Waals surface area contributed by atoms with Crippen LogP contribution >= 0.6 is 0 Å². The highest BCUT2D eigenvalue weighted by atomic mass is 19.1. The Morgan fingerprint density at radius 1 is 1.00 bits per heavy atom. The Kier molecular flexibility index (Phi) is 8.23. The third-order valence-electron chi connectivity index (χ3n) is 5.14. The topological polar surface area (TPSA) is 73.9 Å². The first kappa shape index (κ1) is 22.6. The lowest BCUT2D eigenvalue weighted by Crippen LogP contribution is -2.47. The first-order valence-electron chi connectivity index (χ1n) is 10.6. The van der Waals surface area contributed by atoms with E-state index in [2.05, 4.69) is 20.4 Å². The number of rotatable bonds is 8. The molecule has 7 nitrogen and oxygen atoms in total. The molecule has 0 spiro atoms. The molecule has 2 aromatic carbocycles. The summed E-state index contributed by atoms with van der Waals surface area (Å²) in [5, 5.41) is 5.26. The van der Waals surface area contributed by atoms with Gasteiger partial charge in [0, 0.05) is 38.4 Å². The van der Waals surface area contributed by atoms with E-state index in [0.29, 0.717) is 24.6 Å². The SMILES string of the molecule is CCOc1ccccc1NC(=O)C(=O)NCCCN1CCN(c2ccc(F)cc2)CC1. The van der Waals surface area contributed by atoms with E-state index in [1.807, 2.05) is 6.92 Å². The number of anilines is 2. The number of nitrogens with one attached hydrogen (secondary N) is 2. The van der Waals surface area contributed by atoms with Crippen LogP contribution in [0.4, 0.5) is 15.8 Å². The summed E-state index contributed by atoms with van der Waals surface area (Å²) in [4.78, 5) is 28.8. The van der Waals surface area contributed by atoms with E-state index in [9.17, 15) is 14.0 Å². The molecule has 2 N–H and O–H groups in total. The number of amides is 2. The lowest BCUT2D eigenvalue weighted by molar-refractivity contribution is -0.136. The summed E-state index contributed by atoms with van der Waals surface area (Å²) in [7, 11) is 0. The van der Waals surface area contributed by atoms with Gasteiger partial charge >= 0.3 is 11.8 Å². The predicted octanol–water partition coefficient (Wildman–Crippen LogP) is 2.49. The smallest absolute Gasteiger partial charge is 0.313 e. The van der Waals surface area contributed by atoms with Crippen LogP contribution in [-0.2, 0) is 9.59 Å². The number of carbonyl (C=O) groups excluding carboxylic acids is 2. The maximum atomic E-state index is 13.1. The number of benzene rings is 2. The molecule has 0 radical (unpaired) electrons. The first-order chi connectivity index (χ1) is 15.1. The third-order valence-corrected chi connectivity index (χ3v) is 5.14. The van der Waals surface area contributed by atoms with Gasteiger partial charge in [-0.3, -0.25) is 14.5 Å². The second-order valence-corrected chi connectivity index (χ2v) is 7.30. The van der Waals surface area contributed by atoms with Gasteiger partial charge in [-0.1, -0.05) is 12.1 Å². The van der Waals surface area contributed by atoms with Crippen molar-refractivity contribution >= 4 is 23.2 Å². The quantitative estimate of drug-likeness (QED) is 0.499. The van der Waals surface area contributed by atoms with Crippen LogP contribution in [0.5, 0.6) is 5.75 Å². The maximum absolute atomic E-state index is 13.1. The van der Waals surface area contributed by atoms with Gasteiger partial charge in [0.1, 0.15) is 11.6 Å². The van der Waals surface area contributed by atoms with E-state index in [1.54, 1.807) is 36.4 Å². The monoisotopic (exact) mass is 428 g/mol. The Hall–Kier alpha value is -3.13. The molecule has 31 heavy (non-hydrogen) atoms. The van der Waals surface area contributed by atoms with Gasteiger partial charge in [0.25, 0.3) is 0 Å². The van der Waals surface area contributed by atoms with Gasteiger partial charge in [0.05, 0.1) is 12.3 Å². The van der Waals surface area contributed by atoms with Crippen molar-refractivity contribution < 1.29 is 18.7 Å². The molecule has 0 bridgehead atoms. The molecule has 0 saturated carbocycles. The zero-order valence-electron chi connectivity index (χ0n) is 17.8. The fourth-order valence-electron chi connectivity index (χ4n) is 3.50. The fourth-order valence-corrected chi connectivity index (χ4v) is 3.50. The molecule has 1 heterocycles. The molecule has 0 aliphatic carbocycles. The lowest BCUT2D eigenvalue weighted by atomic mass is 10.2. The van der Waals surface area contributed by atoms with Crippen LogP contribution in [0.3, 0.4) is 0 Å². The van der Waals surface area contributed by atoms with Crippen molar-refractivity contribution in [3.63, 3.8) is 0 Å². The molecule has 1 aliphatic heterocycles. The number of halogens is 1. The number of hydrogen-bond acceptors (Lipinski definition) is 5. The summed E-state index contributed by atoms with van der Waals surface area (Å²) in [5.41, 5.74) is 1.51. The van der Waals surface area contributed by atoms with Crippen molar-refractivity contribution in [3.05, 3.63) is 54.3 Å². The molecule has 2 aromatic rings. The van der Waals surface area contributed by atoms with Crippen LogP contribution in [0, 0.1) is 5.82 Å². The summed E-state index contributed by atoms with van der Waals surface area (Å²) in [6.45, 7) is 7.15. The van der Waals surface area contributed by atoms with Gasteiger partial charge in [0.2, 0.25) is 0 Å². The molecule has 166 valence electrons. The molecule has 0 unspecified atom stereocenters. The van der Waals surface area contributed by atoms with Gasteiger partial charge in [0.15, 0.2) is 0 Å². The minimum atomic E-state index is -0.708. The standard InChI is InChI=1S/C23H29FN4O3/c1-2-31-21-7-4-3-6-20(21)26-23(30)22(29)25-12-5-13-27-14-16-28(17-15-27)19-10-8-18(24)9-11-19/h3-4,6-11H,2,5,12-17H2,1H3,(H,25,29)(H,26,30).